The highest BCUT2D eigenvalue weighted by atomic mass is 32.2. The first-order valence-corrected chi connectivity index (χ1v) is 8.42. The molecule has 2 heterocycles. The minimum atomic E-state index is -4.23. The highest BCUT2D eigenvalue weighted by molar-refractivity contribution is 8.06. The molecular formula is C11H16F3N3OS2. The molecule has 20 heavy (non-hydrogen) atoms. The molecule has 1 aromatic heterocycles. The third-order valence-corrected chi connectivity index (χ3v) is 6.04. The maximum atomic E-state index is 12.0. The lowest BCUT2D eigenvalue weighted by Crippen LogP contribution is -2.28. The van der Waals surface area contributed by atoms with Crippen LogP contribution in [0.15, 0.2) is 4.52 Å². The first-order chi connectivity index (χ1) is 9.49. The Labute approximate surface area is 123 Å². The predicted octanol–water partition coefficient (Wildman–Crippen LogP) is 3.02. The fourth-order valence-electron chi connectivity index (χ4n) is 1.91. The Hall–Kier alpha value is -0.410. The van der Waals surface area contributed by atoms with E-state index in [2.05, 4.69) is 22.4 Å². The third kappa shape index (κ3) is 4.56. The van der Waals surface area contributed by atoms with Gasteiger partial charge in [-0.3, -0.25) is 0 Å². The minimum Gasteiger partial charge on any atom is -0.338 e. The van der Waals surface area contributed by atoms with Gasteiger partial charge in [0.25, 0.3) is 0 Å². The van der Waals surface area contributed by atoms with Crippen LogP contribution in [-0.2, 0) is 6.54 Å². The minimum absolute atomic E-state index is 0.0617. The van der Waals surface area contributed by atoms with E-state index < -0.39 is 12.7 Å². The van der Waals surface area contributed by atoms with Crippen molar-refractivity contribution in [2.75, 3.05) is 18.1 Å². The first-order valence-electron chi connectivity index (χ1n) is 6.32. The van der Waals surface area contributed by atoms with Crippen LogP contribution in [-0.4, -0.2) is 39.6 Å². The normalized spacial score (nSPS) is 24.0. The van der Waals surface area contributed by atoms with Crippen molar-refractivity contribution in [3.63, 3.8) is 0 Å². The van der Waals surface area contributed by atoms with Gasteiger partial charge < -0.3 is 9.84 Å². The average Bonchev–Trinajstić information content (AvgIpc) is 2.86. The highest BCUT2D eigenvalue weighted by Gasteiger charge is 2.30. The fourth-order valence-corrected chi connectivity index (χ4v) is 4.89. The molecule has 1 aliphatic rings. The SMILES string of the molecule is CCC1SCCSC1c1noc(CNCC(F)(F)F)n1. The van der Waals surface area contributed by atoms with Crippen LogP contribution in [0.5, 0.6) is 0 Å². The zero-order valence-electron chi connectivity index (χ0n) is 10.9. The van der Waals surface area contributed by atoms with E-state index in [1.165, 1.54) is 0 Å². The van der Waals surface area contributed by atoms with Crippen molar-refractivity contribution in [2.45, 2.75) is 36.6 Å². The van der Waals surface area contributed by atoms with Gasteiger partial charge in [-0.05, 0) is 6.42 Å². The lowest BCUT2D eigenvalue weighted by Gasteiger charge is -2.27. The summed E-state index contributed by atoms with van der Waals surface area (Å²) in [6.07, 6.45) is -3.22. The Morgan fingerprint density at radius 1 is 1.35 bits per heavy atom. The van der Waals surface area contributed by atoms with Crippen LogP contribution in [0.25, 0.3) is 0 Å². The number of nitrogens with zero attached hydrogens (tertiary/aromatic N) is 2. The van der Waals surface area contributed by atoms with Gasteiger partial charge in [0.1, 0.15) is 0 Å². The molecule has 0 amide bonds. The zero-order chi connectivity index (χ0) is 14.6. The summed E-state index contributed by atoms with van der Waals surface area (Å²) in [4.78, 5) is 4.21. The largest absolute Gasteiger partial charge is 0.401 e. The van der Waals surface area contributed by atoms with Gasteiger partial charge >= 0.3 is 6.18 Å². The number of thioether (sulfide) groups is 2. The summed E-state index contributed by atoms with van der Waals surface area (Å²) in [6, 6.07) is 0. The number of halogens is 3. The van der Waals surface area contributed by atoms with Gasteiger partial charge in [-0.25, -0.2) is 0 Å². The summed E-state index contributed by atoms with van der Waals surface area (Å²) in [7, 11) is 0. The quantitative estimate of drug-likeness (QED) is 0.897. The Morgan fingerprint density at radius 2 is 2.10 bits per heavy atom. The molecule has 0 aliphatic carbocycles. The lowest BCUT2D eigenvalue weighted by molar-refractivity contribution is -0.125. The molecule has 1 N–H and O–H groups in total. The average molecular weight is 327 g/mol. The topological polar surface area (TPSA) is 51.0 Å². The molecule has 2 rings (SSSR count). The van der Waals surface area contributed by atoms with E-state index in [4.69, 9.17) is 4.52 Å². The Kier molecular flexibility index (Phi) is 5.62. The molecule has 2 unspecified atom stereocenters. The fraction of sp³-hybridized carbons (Fsp3) is 0.818. The molecule has 0 bridgehead atoms. The number of hydrogen-bond donors (Lipinski definition) is 1. The molecule has 2 atom stereocenters. The van der Waals surface area contributed by atoms with Crippen LogP contribution >= 0.6 is 23.5 Å². The monoisotopic (exact) mass is 327 g/mol. The van der Waals surface area contributed by atoms with Crippen LogP contribution in [0.2, 0.25) is 0 Å². The molecule has 0 spiro atoms. The molecule has 1 aliphatic heterocycles. The van der Waals surface area contributed by atoms with E-state index in [9.17, 15) is 13.2 Å². The second kappa shape index (κ2) is 7.04. The molecular weight excluding hydrogens is 311 g/mol. The second-order valence-electron chi connectivity index (χ2n) is 4.37. The Balaban J connectivity index is 1.91. The van der Waals surface area contributed by atoms with Gasteiger partial charge in [0.15, 0.2) is 5.82 Å². The maximum absolute atomic E-state index is 12.0. The summed E-state index contributed by atoms with van der Waals surface area (Å²) in [5, 5.41) is 6.76. The molecule has 0 aromatic carbocycles. The summed E-state index contributed by atoms with van der Waals surface area (Å²) in [5.74, 6) is 2.94. The van der Waals surface area contributed by atoms with Gasteiger partial charge in [-0.15, -0.1) is 11.8 Å². The molecule has 9 heteroatoms. The lowest BCUT2D eigenvalue weighted by atomic mass is 10.2. The van der Waals surface area contributed by atoms with E-state index in [0.29, 0.717) is 11.1 Å². The van der Waals surface area contributed by atoms with Crippen LogP contribution in [0.3, 0.4) is 0 Å². The van der Waals surface area contributed by atoms with Crippen LogP contribution < -0.4 is 5.32 Å². The number of aromatic nitrogens is 2. The van der Waals surface area contributed by atoms with Crippen LogP contribution in [0.4, 0.5) is 13.2 Å². The highest BCUT2D eigenvalue weighted by Crippen LogP contribution is 2.42. The summed E-state index contributed by atoms with van der Waals surface area (Å²) >= 11 is 3.67. The standard InChI is InChI=1S/C11H16F3N3OS2/c1-2-7-9(20-4-3-19-7)10-16-8(18-17-10)5-15-6-11(12,13)14/h7,9,15H,2-6H2,1H3. The molecule has 1 saturated heterocycles. The number of alkyl halides is 3. The van der Waals surface area contributed by atoms with E-state index in [1.54, 1.807) is 11.8 Å². The molecule has 4 nitrogen and oxygen atoms in total. The third-order valence-electron chi connectivity index (χ3n) is 2.79. The van der Waals surface area contributed by atoms with Crippen molar-refractivity contribution < 1.29 is 17.7 Å². The summed E-state index contributed by atoms with van der Waals surface area (Å²) < 4.78 is 41.1. The van der Waals surface area contributed by atoms with Crippen molar-refractivity contribution in [1.82, 2.24) is 15.5 Å². The van der Waals surface area contributed by atoms with E-state index in [1.807, 2.05) is 11.8 Å². The number of nitrogens with one attached hydrogen (secondary N) is 1. The molecule has 1 fully saturated rings. The van der Waals surface area contributed by atoms with Crippen molar-refractivity contribution in [3.8, 4) is 0 Å². The van der Waals surface area contributed by atoms with Gasteiger partial charge in [0, 0.05) is 16.8 Å². The zero-order valence-corrected chi connectivity index (χ0v) is 12.6. The molecule has 0 saturated carbocycles. The van der Waals surface area contributed by atoms with Gasteiger partial charge in [0.05, 0.1) is 18.3 Å². The van der Waals surface area contributed by atoms with Crippen LogP contribution in [0, 0.1) is 0 Å². The van der Waals surface area contributed by atoms with E-state index >= 15 is 0 Å². The van der Waals surface area contributed by atoms with E-state index in [0.717, 1.165) is 17.9 Å². The summed E-state index contributed by atoms with van der Waals surface area (Å²) in [6.45, 7) is 0.993. The van der Waals surface area contributed by atoms with Gasteiger partial charge in [-0.2, -0.15) is 29.9 Å². The Bertz CT molecular complexity index is 427. The van der Waals surface area contributed by atoms with Crippen molar-refractivity contribution in [1.29, 1.82) is 0 Å². The molecule has 1 aromatic rings. The predicted molar refractivity (Wildman–Crippen MR) is 73.8 cm³/mol. The molecule has 0 radical (unpaired) electrons. The van der Waals surface area contributed by atoms with Gasteiger partial charge in [-0.1, -0.05) is 12.1 Å². The van der Waals surface area contributed by atoms with Crippen molar-refractivity contribution in [3.05, 3.63) is 11.7 Å². The van der Waals surface area contributed by atoms with E-state index in [-0.39, 0.29) is 17.7 Å². The number of rotatable bonds is 5. The maximum Gasteiger partial charge on any atom is 0.401 e. The number of hydrogen-bond acceptors (Lipinski definition) is 6. The Morgan fingerprint density at radius 3 is 2.80 bits per heavy atom. The smallest absolute Gasteiger partial charge is 0.338 e. The van der Waals surface area contributed by atoms with Crippen molar-refractivity contribution >= 4 is 23.5 Å². The van der Waals surface area contributed by atoms with Crippen LogP contribution in [0.1, 0.15) is 30.3 Å². The molecule has 114 valence electrons. The van der Waals surface area contributed by atoms with Crippen molar-refractivity contribution in [2.24, 2.45) is 0 Å². The first kappa shape index (κ1) is 16.0. The summed E-state index contributed by atoms with van der Waals surface area (Å²) in [5.41, 5.74) is 0. The second-order valence-corrected chi connectivity index (χ2v) is 6.97. The van der Waals surface area contributed by atoms with Gasteiger partial charge in [0.2, 0.25) is 5.89 Å².